The fourth-order valence-corrected chi connectivity index (χ4v) is 3.43. The lowest BCUT2D eigenvalue weighted by Crippen LogP contribution is -2.45. The summed E-state index contributed by atoms with van der Waals surface area (Å²) in [4.78, 5) is 38.6. The Kier molecular flexibility index (Phi) is 5.60. The number of thiophene rings is 1. The van der Waals surface area contributed by atoms with Crippen LogP contribution in [-0.4, -0.2) is 38.5 Å². The van der Waals surface area contributed by atoms with E-state index in [1.54, 1.807) is 42.8 Å². The number of hydrogen-bond donors (Lipinski definition) is 2. The molecule has 1 aliphatic heterocycles. The van der Waals surface area contributed by atoms with Crippen molar-refractivity contribution in [3.63, 3.8) is 0 Å². The second kappa shape index (κ2) is 8.09. The number of hydrazine groups is 1. The van der Waals surface area contributed by atoms with Crippen LogP contribution >= 0.6 is 11.3 Å². The van der Waals surface area contributed by atoms with Gasteiger partial charge in [-0.1, -0.05) is 6.07 Å². The van der Waals surface area contributed by atoms with Gasteiger partial charge in [0.05, 0.1) is 30.7 Å². The first kappa shape index (κ1) is 18.7. The summed E-state index contributed by atoms with van der Waals surface area (Å²) in [7, 11) is 3.05. The molecule has 1 saturated heterocycles. The Morgan fingerprint density at radius 1 is 1.19 bits per heavy atom. The molecule has 0 aliphatic carbocycles. The quantitative estimate of drug-likeness (QED) is 0.757. The number of amides is 3. The van der Waals surface area contributed by atoms with Gasteiger partial charge >= 0.3 is 0 Å². The predicted molar refractivity (Wildman–Crippen MR) is 99.9 cm³/mol. The third-order valence-corrected chi connectivity index (χ3v) is 5.09. The molecule has 3 rings (SSSR count). The van der Waals surface area contributed by atoms with Crippen LogP contribution in [0.2, 0.25) is 0 Å². The number of ether oxygens (including phenoxy) is 2. The van der Waals surface area contributed by atoms with Gasteiger partial charge in [-0.15, -0.1) is 11.3 Å². The normalized spacial score (nSPS) is 16.1. The Morgan fingerprint density at radius 3 is 2.67 bits per heavy atom. The van der Waals surface area contributed by atoms with Gasteiger partial charge in [-0.2, -0.15) is 0 Å². The topological polar surface area (TPSA) is 97.0 Å². The lowest BCUT2D eigenvalue weighted by atomic mass is 10.1. The average Bonchev–Trinajstić information content (AvgIpc) is 3.35. The van der Waals surface area contributed by atoms with Gasteiger partial charge in [0.2, 0.25) is 11.8 Å². The van der Waals surface area contributed by atoms with E-state index in [1.807, 2.05) is 0 Å². The molecule has 9 heteroatoms. The molecule has 3 amide bonds. The third-order valence-electron chi connectivity index (χ3n) is 4.22. The fraction of sp³-hybridized carbons (Fsp3) is 0.278. The number of methoxy groups -OCH3 is 2. The molecule has 1 unspecified atom stereocenters. The molecule has 0 saturated carbocycles. The van der Waals surface area contributed by atoms with Crippen molar-refractivity contribution in [1.29, 1.82) is 0 Å². The van der Waals surface area contributed by atoms with Crippen molar-refractivity contribution in [2.45, 2.75) is 6.42 Å². The molecule has 0 radical (unpaired) electrons. The first-order valence-electron chi connectivity index (χ1n) is 8.19. The van der Waals surface area contributed by atoms with Crippen molar-refractivity contribution in [2.24, 2.45) is 5.92 Å². The van der Waals surface area contributed by atoms with Gasteiger partial charge in [-0.05, 0) is 23.6 Å². The number of benzene rings is 1. The number of hydrogen-bond acceptors (Lipinski definition) is 6. The Labute approximate surface area is 160 Å². The summed E-state index contributed by atoms with van der Waals surface area (Å²) >= 11 is 1.27. The van der Waals surface area contributed by atoms with Crippen LogP contribution in [0.1, 0.15) is 16.1 Å². The average molecular weight is 389 g/mol. The molecule has 2 N–H and O–H groups in total. The highest BCUT2D eigenvalue weighted by atomic mass is 32.1. The third kappa shape index (κ3) is 4.03. The van der Waals surface area contributed by atoms with Gasteiger partial charge in [-0.3, -0.25) is 25.2 Å². The van der Waals surface area contributed by atoms with Gasteiger partial charge in [-0.25, -0.2) is 0 Å². The van der Waals surface area contributed by atoms with E-state index in [1.165, 1.54) is 23.3 Å². The molecule has 1 fully saturated rings. The predicted octanol–water partition coefficient (Wildman–Crippen LogP) is 1.58. The van der Waals surface area contributed by atoms with Crippen LogP contribution in [0.25, 0.3) is 0 Å². The monoisotopic (exact) mass is 389 g/mol. The van der Waals surface area contributed by atoms with E-state index in [0.29, 0.717) is 22.1 Å². The first-order valence-corrected chi connectivity index (χ1v) is 9.07. The fourth-order valence-electron chi connectivity index (χ4n) is 2.81. The van der Waals surface area contributed by atoms with E-state index in [0.717, 1.165) is 0 Å². The molecule has 142 valence electrons. The maximum absolute atomic E-state index is 12.4. The summed E-state index contributed by atoms with van der Waals surface area (Å²) in [6.07, 6.45) is 0.0515. The molecule has 27 heavy (non-hydrogen) atoms. The smallest absolute Gasteiger partial charge is 0.279 e. The molecule has 8 nitrogen and oxygen atoms in total. The summed E-state index contributed by atoms with van der Waals surface area (Å²) in [6.45, 7) is 0.197. The number of nitrogens with one attached hydrogen (secondary N) is 2. The molecule has 0 bridgehead atoms. The highest BCUT2D eigenvalue weighted by Crippen LogP contribution is 2.35. The maximum atomic E-state index is 12.4. The van der Waals surface area contributed by atoms with Gasteiger partial charge in [0, 0.05) is 19.0 Å². The second-order valence-electron chi connectivity index (χ2n) is 5.86. The molecular weight excluding hydrogens is 370 g/mol. The Morgan fingerprint density at radius 2 is 2.00 bits per heavy atom. The molecule has 1 aromatic carbocycles. The number of carbonyl (C=O) groups is 3. The molecule has 1 aromatic heterocycles. The second-order valence-corrected chi connectivity index (χ2v) is 6.81. The van der Waals surface area contributed by atoms with E-state index in [-0.39, 0.29) is 18.9 Å². The highest BCUT2D eigenvalue weighted by Gasteiger charge is 2.36. The van der Waals surface area contributed by atoms with E-state index in [9.17, 15) is 14.4 Å². The van der Waals surface area contributed by atoms with Crippen molar-refractivity contribution < 1.29 is 23.9 Å². The van der Waals surface area contributed by atoms with Gasteiger partial charge in [0.15, 0.2) is 0 Å². The zero-order valence-corrected chi connectivity index (χ0v) is 15.7. The molecular formula is C18H19N3O5S. The summed E-state index contributed by atoms with van der Waals surface area (Å²) in [5.41, 5.74) is 5.33. The van der Waals surface area contributed by atoms with E-state index >= 15 is 0 Å². The molecule has 2 heterocycles. The van der Waals surface area contributed by atoms with Crippen LogP contribution in [0, 0.1) is 5.92 Å². The van der Waals surface area contributed by atoms with Crippen molar-refractivity contribution in [3.05, 3.63) is 40.6 Å². The zero-order valence-electron chi connectivity index (χ0n) is 14.9. The van der Waals surface area contributed by atoms with Crippen LogP contribution in [-0.2, 0) is 9.59 Å². The van der Waals surface area contributed by atoms with Crippen LogP contribution in [0.4, 0.5) is 5.69 Å². The van der Waals surface area contributed by atoms with E-state index < -0.39 is 17.7 Å². The Bertz CT molecular complexity index is 853. The van der Waals surface area contributed by atoms with Crippen molar-refractivity contribution in [1.82, 2.24) is 10.9 Å². The Hall–Kier alpha value is -3.07. The molecule has 1 aliphatic rings. The molecule has 0 spiro atoms. The standard InChI is InChI=1S/C18H19N3O5S/c1-25-12-5-6-13(14(9-12)26-2)21-10-11(8-16(21)22)17(23)19-20-18(24)15-4-3-7-27-15/h3-7,9,11H,8,10H2,1-2H3,(H,19,23)(H,20,24). The Balaban J connectivity index is 1.65. The van der Waals surface area contributed by atoms with Gasteiger partial charge in [0.1, 0.15) is 11.5 Å². The maximum Gasteiger partial charge on any atom is 0.279 e. The van der Waals surface area contributed by atoms with Crippen LogP contribution in [0.15, 0.2) is 35.7 Å². The minimum absolute atomic E-state index is 0.0515. The van der Waals surface area contributed by atoms with Crippen molar-refractivity contribution >= 4 is 34.7 Å². The summed E-state index contributed by atoms with van der Waals surface area (Å²) in [6, 6.07) is 8.52. The highest BCUT2D eigenvalue weighted by molar-refractivity contribution is 7.12. The van der Waals surface area contributed by atoms with Crippen LogP contribution < -0.4 is 25.2 Å². The van der Waals surface area contributed by atoms with Gasteiger partial charge < -0.3 is 14.4 Å². The lowest BCUT2D eigenvalue weighted by molar-refractivity contribution is -0.126. The number of rotatable bonds is 5. The van der Waals surface area contributed by atoms with Gasteiger partial charge in [0.25, 0.3) is 5.91 Å². The van der Waals surface area contributed by atoms with Crippen molar-refractivity contribution in [2.75, 3.05) is 25.7 Å². The molecule has 1 atom stereocenters. The lowest BCUT2D eigenvalue weighted by Gasteiger charge is -2.20. The van der Waals surface area contributed by atoms with E-state index in [2.05, 4.69) is 10.9 Å². The number of nitrogens with zero attached hydrogens (tertiary/aromatic N) is 1. The van der Waals surface area contributed by atoms with E-state index in [4.69, 9.17) is 9.47 Å². The zero-order chi connectivity index (χ0) is 19.4. The van der Waals surface area contributed by atoms with Crippen LogP contribution in [0.5, 0.6) is 11.5 Å². The van der Waals surface area contributed by atoms with Crippen molar-refractivity contribution in [3.8, 4) is 11.5 Å². The summed E-state index contributed by atoms with van der Waals surface area (Å²) in [5.74, 6) is -0.488. The minimum Gasteiger partial charge on any atom is -0.497 e. The number of carbonyl (C=O) groups excluding carboxylic acids is 3. The summed E-state index contributed by atoms with van der Waals surface area (Å²) in [5, 5.41) is 1.77. The minimum atomic E-state index is -0.576. The first-order chi connectivity index (χ1) is 13.0. The van der Waals surface area contributed by atoms with Crippen LogP contribution in [0.3, 0.4) is 0 Å². The largest absolute Gasteiger partial charge is 0.497 e. The summed E-state index contributed by atoms with van der Waals surface area (Å²) < 4.78 is 10.5. The SMILES string of the molecule is COc1ccc(N2CC(C(=O)NNC(=O)c3cccs3)CC2=O)c(OC)c1. The number of anilines is 1. The molecule has 2 aromatic rings.